The molecule has 1 amide bonds. The van der Waals surface area contributed by atoms with Gasteiger partial charge in [0, 0.05) is 5.56 Å². The molecule has 0 heterocycles. The predicted octanol–water partition coefficient (Wildman–Crippen LogP) is 4.70. The van der Waals surface area contributed by atoms with Gasteiger partial charge in [0.1, 0.15) is 11.9 Å². The fourth-order valence-electron chi connectivity index (χ4n) is 2.52. The van der Waals surface area contributed by atoms with E-state index in [1.54, 1.807) is 0 Å². The van der Waals surface area contributed by atoms with Crippen LogP contribution in [0.2, 0.25) is 0 Å². The molecule has 0 aliphatic rings. The molecule has 0 saturated heterocycles. The molecule has 1 rings (SSSR count). The van der Waals surface area contributed by atoms with Gasteiger partial charge in [-0.3, -0.25) is 4.79 Å². The van der Waals surface area contributed by atoms with Crippen LogP contribution in [0.1, 0.15) is 78.9 Å². The van der Waals surface area contributed by atoms with Crippen molar-refractivity contribution >= 4 is 5.91 Å². The molecule has 0 saturated carbocycles. The Bertz CT molecular complexity index is 547. The maximum atomic E-state index is 11.1. The van der Waals surface area contributed by atoms with Gasteiger partial charge in [0.05, 0.1) is 6.42 Å². The number of carbonyl (C=O) groups is 1. The van der Waals surface area contributed by atoms with Gasteiger partial charge < -0.3 is 10.5 Å². The summed E-state index contributed by atoms with van der Waals surface area (Å²) in [5, 5.41) is 0. The molecule has 1 aromatic rings. The third-order valence-corrected chi connectivity index (χ3v) is 5.07. The largest absolute Gasteiger partial charge is 0.490 e. The number of carbonyl (C=O) groups excluding carboxylic acids is 1. The van der Waals surface area contributed by atoms with E-state index in [0.29, 0.717) is 0 Å². The van der Waals surface area contributed by atoms with Gasteiger partial charge in [0.25, 0.3) is 0 Å². The SMILES string of the molecule is CCC(C)(C)c1ccc(OC(C)CC(N)=O)c(C(C)(C)CC)c1. The fraction of sp³-hybridized carbons (Fsp3) is 0.650. The van der Waals surface area contributed by atoms with Crippen LogP contribution in [-0.4, -0.2) is 12.0 Å². The molecule has 130 valence electrons. The lowest BCUT2D eigenvalue weighted by molar-refractivity contribution is -0.119. The first-order valence-electron chi connectivity index (χ1n) is 8.63. The molecule has 0 radical (unpaired) electrons. The Kier molecular flexibility index (Phi) is 6.26. The molecule has 0 spiro atoms. The first-order chi connectivity index (χ1) is 10.5. The number of benzene rings is 1. The molecule has 1 unspecified atom stereocenters. The Balaban J connectivity index is 3.27. The average Bonchev–Trinajstić information content (AvgIpc) is 2.46. The monoisotopic (exact) mass is 319 g/mol. The highest BCUT2D eigenvalue weighted by molar-refractivity contribution is 5.74. The molecule has 2 N–H and O–H groups in total. The second-order valence-corrected chi connectivity index (χ2v) is 7.78. The van der Waals surface area contributed by atoms with Gasteiger partial charge in [0.15, 0.2) is 0 Å². The highest BCUT2D eigenvalue weighted by Gasteiger charge is 2.27. The van der Waals surface area contributed by atoms with Crippen LogP contribution in [0.15, 0.2) is 18.2 Å². The summed E-state index contributed by atoms with van der Waals surface area (Å²) < 4.78 is 6.04. The standard InChI is InChI=1S/C20H33NO2/c1-8-19(4,5)15-10-11-17(23-14(3)12-18(21)22)16(13-15)20(6,7)9-2/h10-11,13-14H,8-9,12H2,1-7H3,(H2,21,22). The van der Waals surface area contributed by atoms with E-state index in [0.717, 1.165) is 18.6 Å². The van der Waals surface area contributed by atoms with E-state index >= 15 is 0 Å². The first kappa shape index (κ1) is 19.5. The molecule has 3 nitrogen and oxygen atoms in total. The molecular formula is C20H33NO2. The van der Waals surface area contributed by atoms with E-state index < -0.39 is 0 Å². The van der Waals surface area contributed by atoms with Crippen LogP contribution >= 0.6 is 0 Å². The van der Waals surface area contributed by atoms with E-state index in [4.69, 9.17) is 10.5 Å². The van der Waals surface area contributed by atoms with Gasteiger partial charge in [-0.05, 0) is 42.2 Å². The number of amides is 1. The van der Waals surface area contributed by atoms with Crippen LogP contribution in [-0.2, 0) is 15.6 Å². The maximum absolute atomic E-state index is 11.1. The van der Waals surface area contributed by atoms with E-state index in [1.807, 2.05) is 6.92 Å². The van der Waals surface area contributed by atoms with Gasteiger partial charge in [-0.1, -0.05) is 53.7 Å². The number of hydrogen-bond donors (Lipinski definition) is 1. The predicted molar refractivity (Wildman–Crippen MR) is 97.0 cm³/mol. The van der Waals surface area contributed by atoms with Gasteiger partial charge in [-0.15, -0.1) is 0 Å². The molecule has 1 aromatic carbocycles. The van der Waals surface area contributed by atoms with Gasteiger partial charge in [-0.25, -0.2) is 0 Å². The number of rotatable bonds is 8. The van der Waals surface area contributed by atoms with Gasteiger partial charge in [0.2, 0.25) is 5.91 Å². The summed E-state index contributed by atoms with van der Waals surface area (Å²) in [6.45, 7) is 15.3. The Hall–Kier alpha value is -1.51. The molecule has 23 heavy (non-hydrogen) atoms. The normalized spacial score (nSPS) is 13.7. The van der Waals surface area contributed by atoms with Crippen LogP contribution in [0.25, 0.3) is 0 Å². The lowest BCUT2D eigenvalue weighted by atomic mass is 9.76. The highest BCUT2D eigenvalue weighted by atomic mass is 16.5. The van der Waals surface area contributed by atoms with Crippen LogP contribution in [0, 0.1) is 0 Å². The Morgan fingerprint density at radius 2 is 1.70 bits per heavy atom. The minimum absolute atomic E-state index is 0.0155. The van der Waals surface area contributed by atoms with Crippen molar-refractivity contribution in [3.63, 3.8) is 0 Å². The van der Waals surface area contributed by atoms with E-state index in [-0.39, 0.29) is 29.3 Å². The minimum Gasteiger partial charge on any atom is -0.490 e. The maximum Gasteiger partial charge on any atom is 0.221 e. The smallest absolute Gasteiger partial charge is 0.221 e. The van der Waals surface area contributed by atoms with Crippen molar-refractivity contribution in [3.8, 4) is 5.75 Å². The van der Waals surface area contributed by atoms with Crippen molar-refractivity contribution in [1.29, 1.82) is 0 Å². The Morgan fingerprint density at radius 1 is 1.13 bits per heavy atom. The van der Waals surface area contributed by atoms with Crippen molar-refractivity contribution in [2.24, 2.45) is 5.73 Å². The molecular weight excluding hydrogens is 286 g/mol. The summed E-state index contributed by atoms with van der Waals surface area (Å²) in [7, 11) is 0. The van der Waals surface area contributed by atoms with Gasteiger partial charge in [-0.2, -0.15) is 0 Å². The summed E-state index contributed by atoms with van der Waals surface area (Å²) in [6, 6.07) is 6.47. The van der Waals surface area contributed by atoms with Crippen molar-refractivity contribution in [3.05, 3.63) is 29.3 Å². The molecule has 0 aromatic heterocycles. The third kappa shape index (κ3) is 4.98. The number of hydrogen-bond acceptors (Lipinski definition) is 2. The van der Waals surface area contributed by atoms with Crippen molar-refractivity contribution in [1.82, 2.24) is 0 Å². The van der Waals surface area contributed by atoms with Crippen LogP contribution in [0.3, 0.4) is 0 Å². The van der Waals surface area contributed by atoms with E-state index in [1.165, 1.54) is 11.1 Å². The highest BCUT2D eigenvalue weighted by Crippen LogP contribution is 2.38. The molecule has 0 aliphatic heterocycles. The summed E-state index contributed by atoms with van der Waals surface area (Å²) in [5.74, 6) is 0.527. The summed E-state index contributed by atoms with van der Waals surface area (Å²) in [4.78, 5) is 11.1. The average molecular weight is 319 g/mol. The Morgan fingerprint density at radius 3 is 2.17 bits per heavy atom. The summed E-state index contributed by atoms with van der Waals surface area (Å²) in [5.41, 5.74) is 7.96. The second kappa shape index (κ2) is 7.37. The second-order valence-electron chi connectivity index (χ2n) is 7.78. The fourth-order valence-corrected chi connectivity index (χ4v) is 2.52. The number of nitrogens with two attached hydrogens (primary N) is 1. The molecule has 3 heteroatoms. The zero-order valence-corrected chi connectivity index (χ0v) is 15.8. The van der Waals surface area contributed by atoms with Crippen molar-refractivity contribution in [2.75, 3.05) is 0 Å². The zero-order valence-electron chi connectivity index (χ0n) is 15.8. The first-order valence-corrected chi connectivity index (χ1v) is 8.63. The van der Waals surface area contributed by atoms with Crippen LogP contribution in [0.4, 0.5) is 0 Å². The zero-order chi connectivity index (χ0) is 17.8. The lowest BCUT2D eigenvalue weighted by Gasteiger charge is -2.31. The Labute approximate surface area is 141 Å². The van der Waals surface area contributed by atoms with E-state index in [9.17, 15) is 4.79 Å². The van der Waals surface area contributed by atoms with Crippen molar-refractivity contribution in [2.45, 2.75) is 84.7 Å². The van der Waals surface area contributed by atoms with E-state index in [2.05, 4.69) is 59.7 Å². The number of ether oxygens (including phenoxy) is 1. The summed E-state index contributed by atoms with van der Waals surface area (Å²) in [6.07, 6.45) is 2.11. The third-order valence-electron chi connectivity index (χ3n) is 5.07. The number of primary amides is 1. The van der Waals surface area contributed by atoms with Crippen LogP contribution in [0.5, 0.6) is 5.75 Å². The molecule has 0 fully saturated rings. The van der Waals surface area contributed by atoms with Crippen molar-refractivity contribution < 1.29 is 9.53 Å². The topological polar surface area (TPSA) is 52.3 Å². The summed E-state index contributed by atoms with van der Waals surface area (Å²) >= 11 is 0. The van der Waals surface area contributed by atoms with Crippen LogP contribution < -0.4 is 10.5 Å². The molecule has 0 aliphatic carbocycles. The van der Waals surface area contributed by atoms with Gasteiger partial charge >= 0.3 is 0 Å². The minimum atomic E-state index is -0.336. The molecule has 0 bridgehead atoms. The lowest BCUT2D eigenvalue weighted by Crippen LogP contribution is -2.25. The quantitative estimate of drug-likeness (QED) is 0.754. The molecule has 1 atom stereocenters.